The number of hydrogen-bond donors (Lipinski definition) is 2. The van der Waals surface area contributed by atoms with Crippen molar-refractivity contribution >= 4 is 12.0 Å². The van der Waals surface area contributed by atoms with E-state index >= 15 is 0 Å². The monoisotopic (exact) mass is 290 g/mol. The molecule has 1 heterocycles. The van der Waals surface area contributed by atoms with Crippen molar-refractivity contribution in [3.05, 3.63) is 29.8 Å². The fourth-order valence-electron chi connectivity index (χ4n) is 1.94. The molecule has 3 N–H and O–H groups in total. The van der Waals surface area contributed by atoms with Crippen LogP contribution in [0.2, 0.25) is 0 Å². The van der Waals surface area contributed by atoms with Crippen LogP contribution in [0.5, 0.6) is 11.5 Å². The molecule has 1 amide bonds. The van der Waals surface area contributed by atoms with Crippen LogP contribution in [-0.4, -0.2) is 24.8 Å². The van der Waals surface area contributed by atoms with Crippen molar-refractivity contribution in [2.45, 2.75) is 26.3 Å². The number of amides is 1. The standard InChI is InChI=1S/C16H22N2O3/c1-11(2)16(3,9-17)18-15(19)7-5-12-4-6-13-14(8-12)21-10-20-13/h4-8,11H,9-10,17H2,1-3H3,(H,18,19)/b7-5+. The molecule has 5 heteroatoms. The number of fused-ring (bicyclic) bond motifs is 1. The van der Waals surface area contributed by atoms with Crippen molar-refractivity contribution in [2.75, 3.05) is 13.3 Å². The van der Waals surface area contributed by atoms with Gasteiger partial charge in [0.15, 0.2) is 11.5 Å². The van der Waals surface area contributed by atoms with Crippen LogP contribution in [0, 0.1) is 5.92 Å². The topological polar surface area (TPSA) is 73.6 Å². The Morgan fingerprint density at radius 2 is 2.14 bits per heavy atom. The van der Waals surface area contributed by atoms with Crippen LogP contribution < -0.4 is 20.5 Å². The number of nitrogens with two attached hydrogens (primary N) is 1. The number of hydrogen-bond acceptors (Lipinski definition) is 4. The Hall–Kier alpha value is -2.01. The van der Waals surface area contributed by atoms with Crippen LogP contribution in [0.1, 0.15) is 26.3 Å². The van der Waals surface area contributed by atoms with Gasteiger partial charge < -0.3 is 20.5 Å². The molecule has 1 aromatic rings. The maximum absolute atomic E-state index is 12.0. The van der Waals surface area contributed by atoms with Gasteiger partial charge in [0.25, 0.3) is 0 Å². The third kappa shape index (κ3) is 3.55. The van der Waals surface area contributed by atoms with Gasteiger partial charge in [0.2, 0.25) is 12.7 Å². The SMILES string of the molecule is CC(C)C(C)(CN)NC(=O)/C=C/c1ccc2c(c1)OCO2. The molecule has 1 unspecified atom stereocenters. The average Bonchev–Trinajstić information content (AvgIpc) is 2.92. The second-order valence-electron chi connectivity index (χ2n) is 5.71. The van der Waals surface area contributed by atoms with Gasteiger partial charge in [-0.3, -0.25) is 4.79 Å². The van der Waals surface area contributed by atoms with Gasteiger partial charge in [-0.05, 0) is 36.6 Å². The van der Waals surface area contributed by atoms with Crippen LogP contribution in [-0.2, 0) is 4.79 Å². The van der Waals surface area contributed by atoms with Gasteiger partial charge in [0.05, 0.1) is 5.54 Å². The quantitative estimate of drug-likeness (QED) is 0.813. The minimum Gasteiger partial charge on any atom is -0.454 e. The summed E-state index contributed by atoms with van der Waals surface area (Å²) in [6.45, 7) is 6.66. The summed E-state index contributed by atoms with van der Waals surface area (Å²) in [6, 6.07) is 5.55. The summed E-state index contributed by atoms with van der Waals surface area (Å²) in [4.78, 5) is 12.0. The molecule has 0 saturated carbocycles. The first-order chi connectivity index (χ1) is 9.94. The molecular weight excluding hydrogens is 268 g/mol. The third-order valence-electron chi connectivity index (χ3n) is 3.93. The molecule has 0 radical (unpaired) electrons. The lowest BCUT2D eigenvalue weighted by Crippen LogP contribution is -2.54. The predicted molar refractivity (Wildman–Crippen MR) is 82.0 cm³/mol. The van der Waals surface area contributed by atoms with Gasteiger partial charge in [0.1, 0.15) is 0 Å². The molecule has 1 atom stereocenters. The van der Waals surface area contributed by atoms with E-state index in [0.29, 0.717) is 12.3 Å². The predicted octanol–water partition coefficient (Wildman–Crippen LogP) is 1.92. The molecule has 0 saturated heterocycles. The van der Waals surface area contributed by atoms with Crippen molar-refractivity contribution in [3.63, 3.8) is 0 Å². The van der Waals surface area contributed by atoms with Crippen LogP contribution in [0.25, 0.3) is 6.08 Å². The van der Waals surface area contributed by atoms with Crippen molar-refractivity contribution in [1.82, 2.24) is 5.32 Å². The summed E-state index contributed by atoms with van der Waals surface area (Å²) in [5.74, 6) is 1.53. The minimum absolute atomic E-state index is 0.158. The maximum atomic E-state index is 12.0. The second kappa shape index (κ2) is 6.18. The fraction of sp³-hybridized carbons (Fsp3) is 0.438. The number of carbonyl (C=O) groups is 1. The Bertz CT molecular complexity index is 554. The zero-order valence-corrected chi connectivity index (χ0v) is 12.7. The highest BCUT2D eigenvalue weighted by Gasteiger charge is 2.27. The molecular formula is C16H22N2O3. The van der Waals surface area contributed by atoms with Crippen molar-refractivity contribution in [1.29, 1.82) is 0 Å². The van der Waals surface area contributed by atoms with Gasteiger partial charge in [-0.2, -0.15) is 0 Å². The first-order valence-corrected chi connectivity index (χ1v) is 7.04. The molecule has 114 valence electrons. The molecule has 0 bridgehead atoms. The smallest absolute Gasteiger partial charge is 0.244 e. The Kier molecular flexibility index (Phi) is 4.53. The summed E-state index contributed by atoms with van der Waals surface area (Å²) in [5, 5.41) is 2.96. The first-order valence-electron chi connectivity index (χ1n) is 7.04. The van der Waals surface area contributed by atoms with Crippen LogP contribution in [0.15, 0.2) is 24.3 Å². The molecule has 0 aliphatic carbocycles. The van der Waals surface area contributed by atoms with Crippen molar-refractivity contribution < 1.29 is 14.3 Å². The molecule has 1 aliphatic rings. The molecule has 1 aromatic carbocycles. The van der Waals surface area contributed by atoms with E-state index in [1.54, 1.807) is 6.08 Å². The normalized spacial score (nSPS) is 16.2. The highest BCUT2D eigenvalue weighted by Crippen LogP contribution is 2.32. The summed E-state index contributed by atoms with van der Waals surface area (Å²) < 4.78 is 10.5. The van der Waals surface area contributed by atoms with E-state index < -0.39 is 5.54 Å². The summed E-state index contributed by atoms with van der Waals surface area (Å²) in [7, 11) is 0. The Morgan fingerprint density at radius 1 is 1.43 bits per heavy atom. The number of nitrogens with one attached hydrogen (secondary N) is 1. The van der Waals surface area contributed by atoms with Gasteiger partial charge >= 0.3 is 0 Å². The lowest BCUT2D eigenvalue weighted by atomic mass is 9.88. The Morgan fingerprint density at radius 3 is 2.81 bits per heavy atom. The summed E-state index contributed by atoms with van der Waals surface area (Å²) >= 11 is 0. The maximum Gasteiger partial charge on any atom is 0.244 e. The number of ether oxygens (including phenoxy) is 2. The number of rotatable bonds is 5. The minimum atomic E-state index is -0.406. The van der Waals surface area contributed by atoms with E-state index in [4.69, 9.17) is 15.2 Å². The Labute approximate surface area is 125 Å². The lowest BCUT2D eigenvalue weighted by Gasteiger charge is -2.33. The summed E-state index contributed by atoms with van der Waals surface area (Å²) in [6.07, 6.45) is 3.25. The zero-order valence-electron chi connectivity index (χ0n) is 12.7. The highest BCUT2D eigenvalue weighted by atomic mass is 16.7. The molecule has 1 aliphatic heterocycles. The molecule has 5 nitrogen and oxygen atoms in total. The van der Waals surface area contributed by atoms with Gasteiger partial charge in [-0.15, -0.1) is 0 Å². The van der Waals surface area contributed by atoms with Gasteiger partial charge in [-0.1, -0.05) is 19.9 Å². The molecule has 0 aromatic heterocycles. The van der Waals surface area contributed by atoms with Gasteiger partial charge in [-0.25, -0.2) is 0 Å². The van der Waals surface area contributed by atoms with Crippen molar-refractivity contribution in [3.8, 4) is 11.5 Å². The van der Waals surface area contributed by atoms with Crippen molar-refractivity contribution in [2.24, 2.45) is 11.7 Å². The molecule has 21 heavy (non-hydrogen) atoms. The van der Waals surface area contributed by atoms with E-state index in [9.17, 15) is 4.79 Å². The lowest BCUT2D eigenvalue weighted by molar-refractivity contribution is -0.118. The average molecular weight is 290 g/mol. The number of carbonyl (C=O) groups excluding carboxylic acids is 1. The van der Waals surface area contributed by atoms with Gasteiger partial charge in [0, 0.05) is 12.6 Å². The van der Waals surface area contributed by atoms with Crippen LogP contribution in [0.3, 0.4) is 0 Å². The van der Waals surface area contributed by atoms with E-state index in [0.717, 1.165) is 11.3 Å². The third-order valence-corrected chi connectivity index (χ3v) is 3.93. The number of benzene rings is 1. The van der Waals surface area contributed by atoms with E-state index in [1.165, 1.54) is 6.08 Å². The van der Waals surface area contributed by atoms with E-state index in [-0.39, 0.29) is 18.6 Å². The molecule has 0 spiro atoms. The van der Waals surface area contributed by atoms with E-state index in [2.05, 4.69) is 5.32 Å². The van der Waals surface area contributed by atoms with Crippen LogP contribution >= 0.6 is 0 Å². The Balaban J connectivity index is 2.02. The largest absolute Gasteiger partial charge is 0.454 e. The van der Waals surface area contributed by atoms with E-state index in [1.807, 2.05) is 39.0 Å². The fourth-order valence-corrected chi connectivity index (χ4v) is 1.94. The zero-order chi connectivity index (χ0) is 15.5. The highest BCUT2D eigenvalue weighted by molar-refractivity contribution is 5.92. The molecule has 0 fully saturated rings. The second-order valence-corrected chi connectivity index (χ2v) is 5.71. The first kappa shape index (κ1) is 15.4. The van der Waals surface area contributed by atoms with Crippen LogP contribution in [0.4, 0.5) is 0 Å². The molecule has 2 rings (SSSR count). The summed E-state index contributed by atoms with van der Waals surface area (Å²) in [5.41, 5.74) is 6.23.